The van der Waals surface area contributed by atoms with Crippen LogP contribution in [-0.2, 0) is 0 Å². The number of carbonyl (C=O) groups is 1. The lowest BCUT2D eigenvalue weighted by molar-refractivity contribution is 0.102. The van der Waals surface area contributed by atoms with E-state index >= 15 is 0 Å². The van der Waals surface area contributed by atoms with Crippen LogP contribution in [0.4, 0.5) is 10.1 Å². The fourth-order valence-electron chi connectivity index (χ4n) is 1.77. The molecule has 0 aliphatic carbocycles. The van der Waals surface area contributed by atoms with Crippen molar-refractivity contribution in [1.82, 2.24) is 0 Å². The molecule has 1 N–H and O–H groups in total. The average molecular weight is 352 g/mol. The van der Waals surface area contributed by atoms with Gasteiger partial charge in [0.15, 0.2) is 0 Å². The second-order valence-corrected chi connectivity index (χ2v) is 5.63. The maximum Gasteiger partial charge on any atom is 0.255 e. The SMILES string of the molecule is CC(C)Oc1cccc(C(=O)Nc2cc(F)ccc2Br)c1. The summed E-state index contributed by atoms with van der Waals surface area (Å²) in [4.78, 5) is 12.2. The van der Waals surface area contributed by atoms with E-state index in [1.807, 2.05) is 13.8 Å². The van der Waals surface area contributed by atoms with E-state index in [-0.39, 0.29) is 12.0 Å². The molecule has 0 aliphatic heterocycles. The third-order valence-electron chi connectivity index (χ3n) is 2.64. The predicted octanol–water partition coefficient (Wildman–Crippen LogP) is 4.63. The lowest BCUT2D eigenvalue weighted by Crippen LogP contribution is -2.13. The molecule has 0 bridgehead atoms. The molecule has 0 unspecified atom stereocenters. The van der Waals surface area contributed by atoms with Crippen LogP contribution in [-0.4, -0.2) is 12.0 Å². The zero-order chi connectivity index (χ0) is 15.4. The highest BCUT2D eigenvalue weighted by Gasteiger charge is 2.10. The Balaban J connectivity index is 2.18. The number of amides is 1. The molecule has 110 valence electrons. The van der Waals surface area contributed by atoms with Crippen LogP contribution in [0.1, 0.15) is 24.2 Å². The van der Waals surface area contributed by atoms with Crippen molar-refractivity contribution in [3.05, 3.63) is 58.3 Å². The van der Waals surface area contributed by atoms with Gasteiger partial charge in [-0.05, 0) is 66.2 Å². The van der Waals surface area contributed by atoms with Gasteiger partial charge in [0, 0.05) is 10.0 Å². The summed E-state index contributed by atoms with van der Waals surface area (Å²) in [5.74, 6) is -0.114. The van der Waals surface area contributed by atoms with Crippen molar-refractivity contribution in [2.45, 2.75) is 20.0 Å². The minimum Gasteiger partial charge on any atom is -0.491 e. The second kappa shape index (κ2) is 6.72. The van der Waals surface area contributed by atoms with Crippen molar-refractivity contribution < 1.29 is 13.9 Å². The Morgan fingerprint density at radius 3 is 2.71 bits per heavy atom. The van der Waals surface area contributed by atoms with E-state index in [4.69, 9.17) is 4.74 Å². The molecule has 0 aliphatic rings. The van der Waals surface area contributed by atoms with Gasteiger partial charge in [0.25, 0.3) is 5.91 Å². The first-order chi connectivity index (χ1) is 9.95. The molecule has 0 fully saturated rings. The van der Waals surface area contributed by atoms with Crippen LogP contribution >= 0.6 is 15.9 Å². The number of anilines is 1. The maximum atomic E-state index is 13.2. The third kappa shape index (κ3) is 4.29. The van der Waals surface area contributed by atoms with Gasteiger partial charge >= 0.3 is 0 Å². The first kappa shape index (κ1) is 15.5. The van der Waals surface area contributed by atoms with E-state index < -0.39 is 5.82 Å². The van der Waals surface area contributed by atoms with E-state index in [9.17, 15) is 9.18 Å². The van der Waals surface area contributed by atoms with Crippen LogP contribution in [0.5, 0.6) is 5.75 Å². The Bertz CT molecular complexity index is 658. The van der Waals surface area contributed by atoms with Crippen LogP contribution in [0, 0.1) is 5.82 Å². The van der Waals surface area contributed by atoms with Gasteiger partial charge in [-0.1, -0.05) is 6.07 Å². The summed E-state index contributed by atoms with van der Waals surface area (Å²) in [5, 5.41) is 2.67. The number of ether oxygens (including phenoxy) is 1. The van der Waals surface area contributed by atoms with E-state index in [1.165, 1.54) is 12.1 Å². The number of carbonyl (C=O) groups excluding carboxylic acids is 1. The second-order valence-electron chi connectivity index (χ2n) is 4.77. The zero-order valence-electron chi connectivity index (χ0n) is 11.7. The molecule has 0 aromatic heterocycles. The van der Waals surface area contributed by atoms with Gasteiger partial charge in [-0.3, -0.25) is 4.79 Å². The Morgan fingerprint density at radius 1 is 1.24 bits per heavy atom. The smallest absolute Gasteiger partial charge is 0.255 e. The Morgan fingerprint density at radius 2 is 2.00 bits per heavy atom. The minimum atomic E-state index is -0.412. The standard InChI is InChI=1S/C16H15BrFNO2/c1-10(2)21-13-5-3-4-11(8-13)16(20)19-15-9-12(18)6-7-14(15)17/h3-10H,1-2H3,(H,19,20). The van der Waals surface area contributed by atoms with Crippen molar-refractivity contribution in [1.29, 1.82) is 0 Å². The highest BCUT2D eigenvalue weighted by atomic mass is 79.9. The van der Waals surface area contributed by atoms with Crippen molar-refractivity contribution in [3.63, 3.8) is 0 Å². The van der Waals surface area contributed by atoms with Gasteiger partial charge in [0.05, 0.1) is 11.8 Å². The predicted molar refractivity (Wildman–Crippen MR) is 84.3 cm³/mol. The molecule has 21 heavy (non-hydrogen) atoms. The Kier molecular flexibility index (Phi) is 4.96. The van der Waals surface area contributed by atoms with Crippen LogP contribution in [0.15, 0.2) is 46.9 Å². The molecule has 1 amide bonds. The number of hydrogen-bond acceptors (Lipinski definition) is 2. The minimum absolute atomic E-state index is 0.0284. The van der Waals surface area contributed by atoms with Gasteiger partial charge in [-0.25, -0.2) is 4.39 Å². The number of benzene rings is 2. The third-order valence-corrected chi connectivity index (χ3v) is 3.34. The number of hydrogen-bond donors (Lipinski definition) is 1. The monoisotopic (exact) mass is 351 g/mol. The lowest BCUT2D eigenvalue weighted by Gasteiger charge is -2.11. The molecule has 0 heterocycles. The summed E-state index contributed by atoms with van der Waals surface area (Å²) in [7, 11) is 0. The van der Waals surface area contributed by atoms with E-state index in [1.54, 1.807) is 30.3 Å². The first-order valence-corrected chi connectivity index (χ1v) is 7.28. The summed E-state index contributed by atoms with van der Waals surface area (Å²) in [6.07, 6.45) is 0.0284. The van der Waals surface area contributed by atoms with Crippen molar-refractivity contribution >= 4 is 27.5 Å². The highest BCUT2D eigenvalue weighted by molar-refractivity contribution is 9.10. The van der Waals surface area contributed by atoms with Crippen molar-refractivity contribution in [2.24, 2.45) is 0 Å². The van der Waals surface area contributed by atoms with Gasteiger partial charge in [-0.2, -0.15) is 0 Å². The largest absolute Gasteiger partial charge is 0.491 e. The molecule has 0 spiro atoms. The summed E-state index contributed by atoms with van der Waals surface area (Å²) in [5.41, 5.74) is 0.833. The topological polar surface area (TPSA) is 38.3 Å². The Labute approximate surface area is 131 Å². The van der Waals surface area contributed by atoms with Crippen LogP contribution in [0.25, 0.3) is 0 Å². The highest BCUT2D eigenvalue weighted by Crippen LogP contribution is 2.24. The van der Waals surface area contributed by atoms with Crippen LogP contribution in [0.2, 0.25) is 0 Å². The molecule has 3 nitrogen and oxygen atoms in total. The fourth-order valence-corrected chi connectivity index (χ4v) is 2.12. The summed E-state index contributed by atoms with van der Waals surface area (Å²) in [6.45, 7) is 3.83. The molecule has 2 aromatic rings. The van der Waals surface area contributed by atoms with Gasteiger partial charge in [-0.15, -0.1) is 0 Å². The number of halogens is 2. The molecule has 5 heteroatoms. The molecule has 0 saturated carbocycles. The van der Waals surface area contributed by atoms with Crippen LogP contribution < -0.4 is 10.1 Å². The van der Waals surface area contributed by atoms with Crippen LogP contribution in [0.3, 0.4) is 0 Å². The molecule has 2 rings (SSSR count). The molecule has 2 aromatic carbocycles. The first-order valence-electron chi connectivity index (χ1n) is 6.49. The summed E-state index contributed by atoms with van der Waals surface area (Å²) >= 11 is 3.27. The number of nitrogens with one attached hydrogen (secondary N) is 1. The summed E-state index contributed by atoms with van der Waals surface area (Å²) in [6, 6.07) is 11.0. The molecular weight excluding hydrogens is 337 g/mol. The van der Waals surface area contributed by atoms with Crippen molar-refractivity contribution in [3.8, 4) is 5.75 Å². The molecule has 0 atom stereocenters. The fraction of sp³-hybridized carbons (Fsp3) is 0.188. The normalized spacial score (nSPS) is 10.5. The average Bonchev–Trinajstić information content (AvgIpc) is 2.42. The van der Waals surface area contributed by atoms with E-state index in [0.29, 0.717) is 21.5 Å². The molecule has 0 saturated heterocycles. The summed E-state index contributed by atoms with van der Waals surface area (Å²) < 4.78 is 19.4. The maximum absolute atomic E-state index is 13.2. The van der Waals surface area contributed by atoms with E-state index in [0.717, 1.165) is 0 Å². The van der Waals surface area contributed by atoms with E-state index in [2.05, 4.69) is 21.2 Å². The molecule has 0 radical (unpaired) electrons. The molecular formula is C16H15BrFNO2. The van der Waals surface area contributed by atoms with Crippen molar-refractivity contribution in [2.75, 3.05) is 5.32 Å². The number of rotatable bonds is 4. The Hall–Kier alpha value is -1.88. The zero-order valence-corrected chi connectivity index (χ0v) is 13.3. The van der Waals surface area contributed by atoms with Gasteiger partial charge < -0.3 is 10.1 Å². The quantitative estimate of drug-likeness (QED) is 0.872. The van der Waals surface area contributed by atoms with Gasteiger partial charge in [0.1, 0.15) is 11.6 Å². The lowest BCUT2D eigenvalue weighted by atomic mass is 10.2. The van der Waals surface area contributed by atoms with Gasteiger partial charge in [0.2, 0.25) is 0 Å².